The third-order valence-electron chi connectivity index (χ3n) is 2.20. The zero-order chi connectivity index (χ0) is 12.8. The summed E-state index contributed by atoms with van der Waals surface area (Å²) >= 11 is 0. The molecule has 1 aromatic heterocycles. The fraction of sp³-hybridized carbons (Fsp3) is 0.0769. The van der Waals surface area contributed by atoms with Crippen LogP contribution >= 0.6 is 0 Å². The van der Waals surface area contributed by atoms with Crippen molar-refractivity contribution in [3.05, 3.63) is 59.4 Å². The van der Waals surface area contributed by atoms with Crippen molar-refractivity contribution in [2.75, 3.05) is 0 Å². The molecule has 0 radical (unpaired) electrons. The molecule has 2 aromatic rings. The second-order valence-corrected chi connectivity index (χ2v) is 3.48. The molecule has 0 aliphatic carbocycles. The van der Waals surface area contributed by atoms with Gasteiger partial charge in [0, 0.05) is 0 Å². The molecule has 0 spiro atoms. The second-order valence-electron chi connectivity index (χ2n) is 3.48. The monoisotopic (exact) mass is 239 g/mol. The Balaban J connectivity index is 1.98. The van der Waals surface area contributed by atoms with Crippen LogP contribution in [0.4, 0.5) is 0 Å². The number of nitrogens with zero attached hydrogens (tertiary/aromatic N) is 3. The van der Waals surface area contributed by atoms with Gasteiger partial charge in [0.1, 0.15) is 12.7 Å². The van der Waals surface area contributed by atoms with E-state index in [4.69, 9.17) is 10.00 Å². The van der Waals surface area contributed by atoms with Crippen molar-refractivity contribution in [3.8, 4) is 6.07 Å². The fourth-order valence-corrected chi connectivity index (χ4v) is 1.30. The summed E-state index contributed by atoms with van der Waals surface area (Å²) in [6.45, 7) is 0.182. The number of carbonyl (C=O) groups excluding carboxylic acids is 1. The summed E-state index contributed by atoms with van der Waals surface area (Å²) in [4.78, 5) is 11.6. The standard InChI is InChI=1S/C13H9N3O2/c14-8-11-6-7-12(16-15-11)13(17)18-9-10-4-2-1-3-5-10/h1-7H,9H2. The van der Waals surface area contributed by atoms with E-state index in [2.05, 4.69) is 10.2 Å². The number of hydrogen-bond donors (Lipinski definition) is 0. The Labute approximate surface area is 104 Å². The van der Waals surface area contributed by atoms with Crippen molar-refractivity contribution in [1.82, 2.24) is 10.2 Å². The maximum absolute atomic E-state index is 11.6. The minimum atomic E-state index is -0.559. The Morgan fingerprint density at radius 1 is 1.17 bits per heavy atom. The molecule has 1 heterocycles. The zero-order valence-electron chi connectivity index (χ0n) is 9.41. The molecule has 0 saturated heterocycles. The first-order valence-corrected chi connectivity index (χ1v) is 5.24. The highest BCUT2D eigenvalue weighted by Gasteiger charge is 2.09. The van der Waals surface area contributed by atoms with E-state index in [0.717, 1.165) is 5.56 Å². The Kier molecular flexibility index (Phi) is 3.62. The van der Waals surface area contributed by atoms with Gasteiger partial charge in [0.25, 0.3) is 0 Å². The quantitative estimate of drug-likeness (QED) is 0.762. The number of carbonyl (C=O) groups is 1. The van der Waals surface area contributed by atoms with Crippen molar-refractivity contribution >= 4 is 5.97 Å². The molecular weight excluding hydrogens is 230 g/mol. The molecular formula is C13H9N3O2. The summed E-state index contributed by atoms with van der Waals surface area (Å²) in [7, 11) is 0. The molecule has 0 aliphatic heterocycles. The SMILES string of the molecule is N#Cc1ccc(C(=O)OCc2ccccc2)nn1. The average molecular weight is 239 g/mol. The molecule has 0 fully saturated rings. The van der Waals surface area contributed by atoms with E-state index >= 15 is 0 Å². The van der Waals surface area contributed by atoms with Gasteiger partial charge >= 0.3 is 5.97 Å². The highest BCUT2D eigenvalue weighted by Crippen LogP contribution is 2.04. The van der Waals surface area contributed by atoms with Crippen molar-refractivity contribution in [2.24, 2.45) is 0 Å². The number of esters is 1. The Bertz CT molecular complexity index is 573. The molecule has 0 saturated carbocycles. The van der Waals surface area contributed by atoms with E-state index in [1.54, 1.807) is 0 Å². The van der Waals surface area contributed by atoms with Gasteiger partial charge in [-0.05, 0) is 17.7 Å². The van der Waals surface area contributed by atoms with Gasteiger partial charge in [-0.2, -0.15) is 5.26 Å². The lowest BCUT2D eigenvalue weighted by Crippen LogP contribution is -2.08. The predicted molar refractivity (Wildman–Crippen MR) is 62.3 cm³/mol. The van der Waals surface area contributed by atoms with E-state index < -0.39 is 5.97 Å². The topological polar surface area (TPSA) is 75.9 Å². The summed E-state index contributed by atoms with van der Waals surface area (Å²) in [5.41, 5.74) is 1.15. The van der Waals surface area contributed by atoms with Gasteiger partial charge in [-0.15, -0.1) is 10.2 Å². The Morgan fingerprint density at radius 2 is 1.94 bits per heavy atom. The number of ether oxygens (including phenoxy) is 1. The predicted octanol–water partition coefficient (Wildman–Crippen LogP) is 1.71. The lowest BCUT2D eigenvalue weighted by atomic mass is 10.2. The number of aromatic nitrogens is 2. The summed E-state index contributed by atoms with van der Waals surface area (Å²) < 4.78 is 5.06. The van der Waals surface area contributed by atoms with Crippen molar-refractivity contribution < 1.29 is 9.53 Å². The molecule has 0 aliphatic rings. The molecule has 2 rings (SSSR count). The number of benzene rings is 1. The van der Waals surface area contributed by atoms with E-state index in [-0.39, 0.29) is 18.0 Å². The van der Waals surface area contributed by atoms with Gasteiger partial charge in [0.05, 0.1) is 0 Å². The van der Waals surface area contributed by atoms with E-state index in [9.17, 15) is 4.79 Å². The lowest BCUT2D eigenvalue weighted by molar-refractivity contribution is 0.0464. The molecule has 0 atom stereocenters. The first-order chi connectivity index (χ1) is 8.79. The van der Waals surface area contributed by atoms with E-state index in [0.29, 0.717) is 0 Å². The first-order valence-electron chi connectivity index (χ1n) is 5.24. The third kappa shape index (κ3) is 2.89. The van der Waals surface area contributed by atoms with Crippen LogP contribution in [0.25, 0.3) is 0 Å². The van der Waals surface area contributed by atoms with Crippen LogP contribution in [-0.2, 0) is 11.3 Å². The summed E-state index contributed by atoms with van der Waals surface area (Å²) in [6, 6.07) is 14.0. The molecule has 1 aromatic carbocycles. The van der Waals surface area contributed by atoms with Crippen LogP contribution < -0.4 is 0 Å². The Hall–Kier alpha value is -2.74. The van der Waals surface area contributed by atoms with E-state index in [1.165, 1.54) is 12.1 Å². The van der Waals surface area contributed by atoms with Gasteiger partial charge in [-0.3, -0.25) is 0 Å². The Morgan fingerprint density at radius 3 is 2.56 bits per heavy atom. The largest absolute Gasteiger partial charge is 0.456 e. The van der Waals surface area contributed by atoms with Crippen LogP contribution in [0.5, 0.6) is 0 Å². The van der Waals surface area contributed by atoms with Gasteiger partial charge in [0.15, 0.2) is 11.4 Å². The maximum atomic E-state index is 11.6. The molecule has 88 valence electrons. The van der Waals surface area contributed by atoms with Gasteiger partial charge < -0.3 is 4.74 Å². The minimum Gasteiger partial charge on any atom is -0.456 e. The average Bonchev–Trinajstić information content (AvgIpc) is 2.46. The first kappa shape index (κ1) is 11.7. The van der Waals surface area contributed by atoms with Crippen molar-refractivity contribution in [2.45, 2.75) is 6.61 Å². The molecule has 5 nitrogen and oxygen atoms in total. The third-order valence-corrected chi connectivity index (χ3v) is 2.20. The number of hydrogen-bond acceptors (Lipinski definition) is 5. The smallest absolute Gasteiger partial charge is 0.359 e. The van der Waals surface area contributed by atoms with E-state index in [1.807, 2.05) is 36.4 Å². The molecule has 18 heavy (non-hydrogen) atoms. The van der Waals surface area contributed by atoms with Crippen molar-refractivity contribution in [1.29, 1.82) is 5.26 Å². The fourth-order valence-electron chi connectivity index (χ4n) is 1.30. The normalized spacial score (nSPS) is 9.50. The van der Waals surface area contributed by atoms with Gasteiger partial charge in [-0.1, -0.05) is 30.3 Å². The highest BCUT2D eigenvalue weighted by molar-refractivity contribution is 5.86. The molecule has 5 heteroatoms. The van der Waals surface area contributed by atoms with Crippen LogP contribution in [0, 0.1) is 11.3 Å². The zero-order valence-corrected chi connectivity index (χ0v) is 9.41. The molecule has 0 unspecified atom stereocenters. The second kappa shape index (κ2) is 5.55. The van der Waals surface area contributed by atoms with Crippen LogP contribution in [0.1, 0.15) is 21.7 Å². The highest BCUT2D eigenvalue weighted by atomic mass is 16.5. The number of rotatable bonds is 3. The number of nitriles is 1. The van der Waals surface area contributed by atoms with Crippen LogP contribution in [0.2, 0.25) is 0 Å². The molecule has 0 bridgehead atoms. The van der Waals surface area contributed by atoms with Gasteiger partial charge in [-0.25, -0.2) is 4.79 Å². The minimum absolute atomic E-state index is 0.0879. The lowest BCUT2D eigenvalue weighted by Gasteiger charge is -2.03. The van der Waals surface area contributed by atoms with Crippen LogP contribution in [-0.4, -0.2) is 16.2 Å². The summed E-state index contributed by atoms with van der Waals surface area (Å²) in [5.74, 6) is -0.559. The van der Waals surface area contributed by atoms with Crippen LogP contribution in [0.3, 0.4) is 0 Å². The summed E-state index contributed by atoms with van der Waals surface area (Å²) in [5, 5.41) is 15.7. The van der Waals surface area contributed by atoms with Crippen molar-refractivity contribution in [3.63, 3.8) is 0 Å². The molecule has 0 amide bonds. The summed E-state index contributed by atoms with van der Waals surface area (Å²) in [6.07, 6.45) is 0. The maximum Gasteiger partial charge on any atom is 0.359 e. The van der Waals surface area contributed by atoms with Crippen LogP contribution in [0.15, 0.2) is 42.5 Å². The molecule has 0 N–H and O–H groups in total. The van der Waals surface area contributed by atoms with Gasteiger partial charge in [0.2, 0.25) is 0 Å².